The minimum atomic E-state index is -4.23. The molecule has 1 aromatic rings. The molecule has 0 radical (unpaired) electrons. The standard InChI is InChI=1S/C5H5F3N2S/c6-5(7,8)11-4-1-2-10(9)3-4/h1-3H,9H2. The minimum Gasteiger partial charge on any atom is -0.340 e. The van der Waals surface area contributed by atoms with Gasteiger partial charge in [0.25, 0.3) is 0 Å². The van der Waals surface area contributed by atoms with Gasteiger partial charge in [-0.2, -0.15) is 13.2 Å². The summed E-state index contributed by atoms with van der Waals surface area (Å²) in [4.78, 5) is 0.0972. The molecule has 0 amide bonds. The lowest BCUT2D eigenvalue weighted by atomic mass is 10.7. The quantitative estimate of drug-likeness (QED) is 0.530. The molecule has 0 spiro atoms. The molecule has 1 rings (SSSR count). The topological polar surface area (TPSA) is 30.9 Å². The van der Waals surface area contributed by atoms with Crippen LogP contribution in [0.25, 0.3) is 0 Å². The van der Waals surface area contributed by atoms with Crippen LogP contribution in [0, 0.1) is 0 Å². The van der Waals surface area contributed by atoms with Gasteiger partial charge in [0.05, 0.1) is 0 Å². The molecule has 0 unspecified atom stereocenters. The summed E-state index contributed by atoms with van der Waals surface area (Å²) >= 11 is -0.179. The second-order valence-corrected chi connectivity index (χ2v) is 2.98. The van der Waals surface area contributed by atoms with Crippen molar-refractivity contribution >= 4 is 11.8 Å². The Morgan fingerprint density at radius 3 is 2.45 bits per heavy atom. The highest BCUT2D eigenvalue weighted by Crippen LogP contribution is 2.36. The van der Waals surface area contributed by atoms with Gasteiger partial charge in [0.2, 0.25) is 0 Å². The van der Waals surface area contributed by atoms with E-state index < -0.39 is 5.51 Å². The van der Waals surface area contributed by atoms with Crippen molar-refractivity contribution in [2.45, 2.75) is 10.4 Å². The summed E-state index contributed by atoms with van der Waals surface area (Å²) in [5.74, 6) is 5.13. The van der Waals surface area contributed by atoms with Crippen molar-refractivity contribution in [1.29, 1.82) is 0 Å². The van der Waals surface area contributed by atoms with E-state index in [0.29, 0.717) is 0 Å². The van der Waals surface area contributed by atoms with E-state index in [1.54, 1.807) is 0 Å². The molecule has 0 saturated heterocycles. The first-order valence-corrected chi connectivity index (χ1v) is 3.48. The Labute approximate surface area is 65.1 Å². The van der Waals surface area contributed by atoms with Gasteiger partial charge in [-0.3, -0.25) is 4.68 Å². The molecule has 0 aliphatic heterocycles. The lowest BCUT2D eigenvalue weighted by Gasteiger charge is -2.01. The van der Waals surface area contributed by atoms with E-state index in [-0.39, 0.29) is 16.7 Å². The summed E-state index contributed by atoms with van der Waals surface area (Å²) in [6.45, 7) is 0. The van der Waals surface area contributed by atoms with Gasteiger partial charge in [-0.25, -0.2) is 0 Å². The van der Waals surface area contributed by atoms with Crippen molar-refractivity contribution in [2.75, 3.05) is 5.84 Å². The summed E-state index contributed by atoms with van der Waals surface area (Å²) in [5, 5.41) is 0. The van der Waals surface area contributed by atoms with E-state index in [1.807, 2.05) is 0 Å². The first-order chi connectivity index (χ1) is 4.97. The predicted octanol–water partition coefficient (Wildman–Crippen LogP) is 1.81. The Morgan fingerprint density at radius 1 is 1.45 bits per heavy atom. The van der Waals surface area contributed by atoms with E-state index >= 15 is 0 Å². The molecule has 2 N–H and O–H groups in total. The smallest absolute Gasteiger partial charge is 0.340 e. The Morgan fingerprint density at radius 2 is 2.09 bits per heavy atom. The Hall–Kier alpha value is -0.780. The number of aromatic nitrogens is 1. The normalized spacial score (nSPS) is 11.9. The largest absolute Gasteiger partial charge is 0.446 e. The van der Waals surface area contributed by atoms with Crippen LogP contribution in [-0.2, 0) is 0 Å². The molecule has 0 fully saturated rings. The van der Waals surface area contributed by atoms with E-state index in [9.17, 15) is 13.2 Å². The molecule has 0 atom stereocenters. The Bertz CT molecular complexity index is 242. The molecule has 2 nitrogen and oxygen atoms in total. The van der Waals surface area contributed by atoms with Gasteiger partial charge in [0.1, 0.15) is 0 Å². The molecular formula is C5H5F3N2S. The molecule has 0 aliphatic rings. The number of nitrogens with zero attached hydrogens (tertiary/aromatic N) is 1. The molecule has 1 heterocycles. The molecule has 0 aliphatic carbocycles. The first-order valence-electron chi connectivity index (χ1n) is 2.66. The molecule has 0 saturated carbocycles. The zero-order valence-corrected chi connectivity index (χ0v) is 6.12. The average Bonchev–Trinajstić information content (AvgIpc) is 2.10. The van der Waals surface area contributed by atoms with Crippen LogP contribution in [-0.4, -0.2) is 10.2 Å². The lowest BCUT2D eigenvalue weighted by Crippen LogP contribution is -2.03. The number of hydrogen-bond donors (Lipinski definition) is 1. The molecule has 0 aromatic carbocycles. The van der Waals surface area contributed by atoms with Gasteiger partial charge in [0, 0.05) is 17.3 Å². The number of thioether (sulfide) groups is 1. The maximum absolute atomic E-state index is 11.7. The summed E-state index contributed by atoms with van der Waals surface area (Å²) in [5.41, 5.74) is -4.23. The Kier molecular flexibility index (Phi) is 2.03. The number of rotatable bonds is 1. The summed E-state index contributed by atoms with van der Waals surface area (Å²) < 4.78 is 36.1. The summed E-state index contributed by atoms with van der Waals surface area (Å²) in [6.07, 6.45) is 2.56. The number of nitrogens with two attached hydrogens (primary N) is 1. The molecule has 6 heteroatoms. The minimum absolute atomic E-state index is 0.0972. The van der Waals surface area contributed by atoms with Gasteiger partial charge < -0.3 is 5.84 Å². The Balaban J connectivity index is 2.65. The number of hydrogen-bond acceptors (Lipinski definition) is 2. The van der Waals surface area contributed by atoms with Gasteiger partial charge in [-0.05, 0) is 17.8 Å². The zero-order valence-electron chi connectivity index (χ0n) is 5.30. The van der Waals surface area contributed by atoms with Crippen LogP contribution >= 0.6 is 11.8 Å². The van der Waals surface area contributed by atoms with Crippen LogP contribution in [0.1, 0.15) is 0 Å². The highest BCUT2D eigenvalue weighted by molar-refractivity contribution is 8.00. The highest BCUT2D eigenvalue weighted by atomic mass is 32.2. The molecule has 62 valence electrons. The first kappa shape index (κ1) is 8.32. The van der Waals surface area contributed by atoms with Crippen LogP contribution in [0.4, 0.5) is 13.2 Å². The van der Waals surface area contributed by atoms with Crippen LogP contribution in [0.5, 0.6) is 0 Å². The fourth-order valence-corrected chi connectivity index (χ4v) is 1.16. The third kappa shape index (κ3) is 2.75. The van der Waals surface area contributed by atoms with E-state index in [1.165, 1.54) is 18.5 Å². The SMILES string of the molecule is Nn1ccc(SC(F)(F)F)c1. The average molecular weight is 182 g/mol. The van der Waals surface area contributed by atoms with Crippen molar-refractivity contribution < 1.29 is 13.2 Å². The van der Waals surface area contributed by atoms with E-state index in [2.05, 4.69) is 0 Å². The molecule has 1 aromatic heterocycles. The zero-order chi connectivity index (χ0) is 8.48. The molecular weight excluding hydrogens is 177 g/mol. The van der Waals surface area contributed by atoms with Gasteiger partial charge >= 0.3 is 5.51 Å². The van der Waals surface area contributed by atoms with Gasteiger partial charge in [0.15, 0.2) is 0 Å². The van der Waals surface area contributed by atoms with Crippen LogP contribution in [0.15, 0.2) is 23.4 Å². The number of alkyl halides is 3. The molecule has 11 heavy (non-hydrogen) atoms. The summed E-state index contributed by atoms with van der Waals surface area (Å²) in [7, 11) is 0. The third-order valence-electron chi connectivity index (χ3n) is 0.921. The maximum Gasteiger partial charge on any atom is 0.446 e. The second-order valence-electron chi connectivity index (χ2n) is 1.84. The summed E-state index contributed by atoms with van der Waals surface area (Å²) in [6, 6.07) is 1.30. The van der Waals surface area contributed by atoms with Crippen LogP contribution in [0.2, 0.25) is 0 Å². The predicted molar refractivity (Wildman–Crippen MR) is 36.5 cm³/mol. The van der Waals surface area contributed by atoms with Gasteiger partial charge in [-0.15, -0.1) is 0 Å². The lowest BCUT2D eigenvalue weighted by molar-refractivity contribution is -0.0328. The van der Waals surface area contributed by atoms with Crippen molar-refractivity contribution in [3.05, 3.63) is 18.5 Å². The van der Waals surface area contributed by atoms with Crippen LogP contribution < -0.4 is 5.84 Å². The maximum atomic E-state index is 11.7. The fourth-order valence-electron chi connectivity index (χ4n) is 0.587. The number of halogens is 3. The van der Waals surface area contributed by atoms with E-state index in [4.69, 9.17) is 5.84 Å². The second kappa shape index (κ2) is 2.69. The fraction of sp³-hybridized carbons (Fsp3) is 0.200. The van der Waals surface area contributed by atoms with Gasteiger partial charge in [-0.1, -0.05) is 0 Å². The van der Waals surface area contributed by atoms with Crippen molar-refractivity contribution in [3.63, 3.8) is 0 Å². The monoisotopic (exact) mass is 182 g/mol. The van der Waals surface area contributed by atoms with Crippen molar-refractivity contribution in [1.82, 2.24) is 4.68 Å². The van der Waals surface area contributed by atoms with Crippen molar-refractivity contribution in [2.24, 2.45) is 0 Å². The van der Waals surface area contributed by atoms with E-state index in [0.717, 1.165) is 4.68 Å². The third-order valence-corrected chi connectivity index (χ3v) is 1.63. The van der Waals surface area contributed by atoms with Crippen LogP contribution in [0.3, 0.4) is 0 Å². The number of nitrogen functional groups attached to an aromatic ring is 1. The van der Waals surface area contributed by atoms with Crippen molar-refractivity contribution in [3.8, 4) is 0 Å². The molecule has 0 bridgehead atoms. The highest BCUT2D eigenvalue weighted by Gasteiger charge is 2.29.